The fourth-order valence-electron chi connectivity index (χ4n) is 4.91. The first-order chi connectivity index (χ1) is 19.0. The van der Waals surface area contributed by atoms with E-state index in [2.05, 4.69) is 61.2 Å². The highest BCUT2D eigenvalue weighted by atomic mass is 35.5. The van der Waals surface area contributed by atoms with Gasteiger partial charge in [0.15, 0.2) is 5.65 Å². The van der Waals surface area contributed by atoms with Crippen molar-refractivity contribution >= 4 is 45.7 Å². The third-order valence-electron chi connectivity index (χ3n) is 7.07. The first kappa shape index (κ1) is 25.3. The van der Waals surface area contributed by atoms with E-state index in [1.54, 1.807) is 35.1 Å². The number of nitrogens with zero attached hydrogens (tertiary/aromatic N) is 8. The second-order valence-electron chi connectivity index (χ2n) is 9.92. The third kappa shape index (κ3) is 5.06. The lowest BCUT2D eigenvalue weighted by atomic mass is 10.2. The first-order valence-electron chi connectivity index (χ1n) is 13.0. The number of aromatic nitrogens is 5. The minimum atomic E-state index is -0.283. The summed E-state index contributed by atoms with van der Waals surface area (Å²) in [5.41, 5.74) is 2.81. The van der Waals surface area contributed by atoms with Crippen LogP contribution in [0.4, 0.5) is 17.3 Å². The van der Waals surface area contributed by atoms with E-state index < -0.39 is 0 Å². The maximum absolute atomic E-state index is 13.5. The molecular formula is C28H30ClN9O. The topological polar surface area (TPSA) is 86.8 Å². The zero-order valence-electron chi connectivity index (χ0n) is 22.0. The molecule has 0 unspecified atom stereocenters. The number of hydrogen-bond acceptors (Lipinski definition) is 8. The Morgan fingerprint density at radius 1 is 1.00 bits per heavy atom. The number of likely N-dealkylation sites (N-methyl/N-ethyl adjacent to an activating group) is 1. The molecule has 0 radical (unpaired) electrons. The predicted octanol–water partition coefficient (Wildman–Crippen LogP) is 3.51. The maximum atomic E-state index is 13.5. The Morgan fingerprint density at radius 2 is 1.77 bits per heavy atom. The van der Waals surface area contributed by atoms with Crippen molar-refractivity contribution in [2.45, 2.75) is 0 Å². The molecule has 0 spiro atoms. The van der Waals surface area contributed by atoms with Gasteiger partial charge in [-0.1, -0.05) is 23.7 Å². The summed E-state index contributed by atoms with van der Waals surface area (Å²) in [5.74, 6) is 0.825. The smallest absolute Gasteiger partial charge is 0.270 e. The van der Waals surface area contributed by atoms with Crippen LogP contribution >= 0.6 is 11.6 Å². The Hall–Kier alpha value is -3.99. The van der Waals surface area contributed by atoms with Crippen LogP contribution in [0.2, 0.25) is 5.02 Å². The second kappa shape index (κ2) is 10.6. The van der Waals surface area contributed by atoms with Crippen molar-refractivity contribution in [3.8, 4) is 5.69 Å². The number of benzene rings is 2. The summed E-state index contributed by atoms with van der Waals surface area (Å²) < 4.78 is 3.26. The molecular weight excluding hydrogens is 514 g/mol. The van der Waals surface area contributed by atoms with E-state index in [1.807, 2.05) is 24.3 Å². The molecule has 1 N–H and O–H groups in total. The number of anilines is 3. The molecule has 0 saturated carbocycles. The average molecular weight is 544 g/mol. The molecule has 5 aromatic rings. The van der Waals surface area contributed by atoms with Gasteiger partial charge in [-0.3, -0.25) is 14.1 Å². The van der Waals surface area contributed by atoms with E-state index in [0.717, 1.165) is 45.0 Å². The summed E-state index contributed by atoms with van der Waals surface area (Å²) in [7, 11) is 4.23. The minimum Gasteiger partial charge on any atom is -0.369 e. The lowest BCUT2D eigenvalue weighted by Gasteiger charge is -2.36. The van der Waals surface area contributed by atoms with Gasteiger partial charge in [-0.15, -0.1) is 0 Å². The van der Waals surface area contributed by atoms with Crippen LogP contribution in [0.15, 0.2) is 71.9 Å². The highest BCUT2D eigenvalue weighted by Gasteiger charge is 2.18. The Kier molecular flexibility index (Phi) is 6.90. The molecule has 1 aliphatic rings. The first-order valence-corrected chi connectivity index (χ1v) is 13.3. The molecule has 6 rings (SSSR count). The molecule has 3 aromatic heterocycles. The monoisotopic (exact) mass is 543 g/mol. The predicted molar refractivity (Wildman–Crippen MR) is 156 cm³/mol. The molecule has 11 heteroatoms. The quantitative estimate of drug-likeness (QED) is 0.334. The number of fused-ring (bicyclic) bond motifs is 3. The van der Waals surface area contributed by atoms with Crippen LogP contribution in [0.3, 0.4) is 0 Å². The third-order valence-corrected chi connectivity index (χ3v) is 7.39. The number of imidazole rings is 1. The number of hydrogen-bond donors (Lipinski definition) is 1. The van der Waals surface area contributed by atoms with Gasteiger partial charge >= 0.3 is 0 Å². The Bertz CT molecular complexity index is 1670. The molecule has 1 saturated heterocycles. The number of nitrogens with one attached hydrogen (secondary N) is 1. The van der Waals surface area contributed by atoms with E-state index >= 15 is 0 Å². The zero-order chi connectivity index (χ0) is 26.9. The molecule has 10 nitrogen and oxygen atoms in total. The van der Waals surface area contributed by atoms with E-state index in [4.69, 9.17) is 11.6 Å². The Balaban J connectivity index is 1.22. The summed E-state index contributed by atoms with van der Waals surface area (Å²) in [6, 6.07) is 15.5. The SMILES string of the molecule is CN(C)CCN1CCN(c2ccc(Nc3ncc4c(=O)n(-c5ccccc5Cl)c5nccn5c4n3)cc2)CC1. The van der Waals surface area contributed by atoms with Gasteiger partial charge in [0.25, 0.3) is 5.56 Å². The van der Waals surface area contributed by atoms with Crippen LogP contribution in [0, 0.1) is 0 Å². The molecule has 0 atom stereocenters. The fourth-order valence-corrected chi connectivity index (χ4v) is 5.13. The van der Waals surface area contributed by atoms with Crippen molar-refractivity contribution < 1.29 is 0 Å². The fraction of sp³-hybridized carbons (Fsp3) is 0.286. The average Bonchev–Trinajstić information content (AvgIpc) is 3.44. The van der Waals surface area contributed by atoms with Crippen molar-refractivity contribution in [3.63, 3.8) is 0 Å². The summed E-state index contributed by atoms with van der Waals surface area (Å²) in [4.78, 5) is 34.2. The summed E-state index contributed by atoms with van der Waals surface area (Å²) in [5, 5.41) is 4.10. The second-order valence-corrected chi connectivity index (χ2v) is 10.3. The lowest BCUT2D eigenvalue weighted by molar-refractivity contribution is 0.229. The van der Waals surface area contributed by atoms with Gasteiger partial charge in [-0.05, 0) is 50.5 Å². The number of para-hydroxylation sites is 1. The molecule has 4 heterocycles. The molecule has 0 aliphatic carbocycles. The molecule has 0 amide bonds. The van der Waals surface area contributed by atoms with E-state index in [0.29, 0.717) is 33.5 Å². The normalized spacial score (nSPS) is 14.5. The molecule has 0 bridgehead atoms. The van der Waals surface area contributed by atoms with Crippen LogP contribution in [0.5, 0.6) is 0 Å². The van der Waals surface area contributed by atoms with Crippen molar-refractivity contribution in [2.75, 3.05) is 63.6 Å². The maximum Gasteiger partial charge on any atom is 0.270 e. The summed E-state index contributed by atoms with van der Waals surface area (Å²) in [6.45, 7) is 6.36. The largest absolute Gasteiger partial charge is 0.369 e. The number of halogens is 1. The van der Waals surface area contributed by atoms with Crippen molar-refractivity contribution in [1.82, 2.24) is 33.7 Å². The van der Waals surface area contributed by atoms with Crippen molar-refractivity contribution in [3.05, 3.63) is 82.5 Å². The van der Waals surface area contributed by atoms with Crippen molar-refractivity contribution in [1.29, 1.82) is 0 Å². The highest BCUT2D eigenvalue weighted by molar-refractivity contribution is 6.32. The van der Waals surface area contributed by atoms with Gasteiger partial charge in [0.2, 0.25) is 11.7 Å². The molecule has 2 aromatic carbocycles. The van der Waals surface area contributed by atoms with E-state index in [9.17, 15) is 4.79 Å². The van der Waals surface area contributed by atoms with E-state index in [-0.39, 0.29) is 5.56 Å². The van der Waals surface area contributed by atoms with Crippen LogP contribution in [0.25, 0.3) is 22.5 Å². The van der Waals surface area contributed by atoms with Crippen LogP contribution in [-0.2, 0) is 0 Å². The molecule has 1 fully saturated rings. The lowest BCUT2D eigenvalue weighted by Crippen LogP contribution is -2.48. The van der Waals surface area contributed by atoms with Crippen molar-refractivity contribution in [2.24, 2.45) is 0 Å². The standard InChI is InChI=1S/C28H30ClN9O/c1-34(2)13-14-35-15-17-36(18-16-35)21-9-7-20(8-10-21)32-27-31-19-22-25(33-27)37-12-11-30-28(37)38(26(22)39)24-6-4-3-5-23(24)29/h3-12,19H,13-18H2,1-2H3,(H,31,32,33). The zero-order valence-corrected chi connectivity index (χ0v) is 22.7. The van der Waals surface area contributed by atoms with Gasteiger partial charge in [0.1, 0.15) is 5.39 Å². The Morgan fingerprint density at radius 3 is 2.51 bits per heavy atom. The van der Waals surface area contributed by atoms with E-state index in [1.165, 1.54) is 10.3 Å². The van der Waals surface area contributed by atoms with Crippen LogP contribution < -0.4 is 15.8 Å². The highest BCUT2D eigenvalue weighted by Crippen LogP contribution is 2.24. The van der Waals surface area contributed by atoms with Crippen LogP contribution in [0.1, 0.15) is 0 Å². The molecule has 1 aliphatic heterocycles. The van der Waals surface area contributed by atoms with Gasteiger partial charge in [0, 0.05) is 69.2 Å². The molecule has 200 valence electrons. The van der Waals surface area contributed by atoms with Gasteiger partial charge in [-0.2, -0.15) is 4.98 Å². The molecule has 39 heavy (non-hydrogen) atoms. The van der Waals surface area contributed by atoms with Crippen LogP contribution in [-0.4, -0.2) is 87.1 Å². The summed E-state index contributed by atoms with van der Waals surface area (Å²) >= 11 is 6.41. The minimum absolute atomic E-state index is 0.283. The number of rotatable bonds is 7. The van der Waals surface area contributed by atoms with Gasteiger partial charge in [-0.25, -0.2) is 14.5 Å². The van der Waals surface area contributed by atoms with Gasteiger partial charge < -0.3 is 15.1 Å². The summed E-state index contributed by atoms with van der Waals surface area (Å²) in [6.07, 6.45) is 4.96. The van der Waals surface area contributed by atoms with Gasteiger partial charge in [0.05, 0.1) is 10.7 Å². The number of piperazine rings is 1. The Labute approximate surface area is 231 Å².